The molecule has 4 nitrogen and oxygen atoms in total. The second-order valence-electron chi connectivity index (χ2n) is 4.36. The Morgan fingerprint density at radius 1 is 1.44 bits per heavy atom. The number of nitrogens with zero attached hydrogens (tertiary/aromatic N) is 2. The molecule has 0 aromatic heterocycles. The Kier molecular flexibility index (Phi) is 4.24. The number of imide groups is 1. The van der Waals surface area contributed by atoms with E-state index in [-0.39, 0.29) is 11.8 Å². The molecule has 0 N–H and O–H groups in total. The smallest absolute Gasteiger partial charge is 0.256 e. The van der Waals surface area contributed by atoms with Gasteiger partial charge in [-0.2, -0.15) is 0 Å². The largest absolute Gasteiger partial charge is 0.302 e. The van der Waals surface area contributed by atoms with Crippen LogP contribution in [0.2, 0.25) is 0 Å². The maximum absolute atomic E-state index is 11.6. The van der Waals surface area contributed by atoms with E-state index in [1.807, 2.05) is 7.05 Å². The third-order valence-electron chi connectivity index (χ3n) is 3.21. The number of hydrogen-bond acceptors (Lipinski definition) is 3. The van der Waals surface area contributed by atoms with Crippen molar-refractivity contribution in [3.63, 3.8) is 0 Å². The summed E-state index contributed by atoms with van der Waals surface area (Å²) in [6, 6.07) is 0.474. The maximum atomic E-state index is 11.6. The highest BCUT2D eigenvalue weighted by Gasteiger charge is 2.28. The van der Waals surface area contributed by atoms with Gasteiger partial charge in [-0.3, -0.25) is 14.5 Å². The number of hydrogen-bond donors (Lipinski definition) is 0. The van der Waals surface area contributed by atoms with Crippen LogP contribution in [0.3, 0.4) is 0 Å². The second kappa shape index (κ2) is 5.25. The van der Waals surface area contributed by atoms with Gasteiger partial charge in [-0.25, -0.2) is 0 Å². The highest BCUT2D eigenvalue weighted by Crippen LogP contribution is 2.11. The van der Waals surface area contributed by atoms with Crippen LogP contribution in [0, 0.1) is 0 Å². The van der Waals surface area contributed by atoms with Crippen LogP contribution in [0.4, 0.5) is 0 Å². The Hall–Kier alpha value is -1.16. The molecule has 0 aromatic rings. The van der Waals surface area contributed by atoms with Crippen LogP contribution in [-0.2, 0) is 9.59 Å². The first-order chi connectivity index (χ1) is 7.47. The normalized spacial score (nSPS) is 18.3. The molecule has 0 aliphatic carbocycles. The topological polar surface area (TPSA) is 40.6 Å². The molecule has 90 valence electrons. The van der Waals surface area contributed by atoms with E-state index in [2.05, 4.69) is 18.7 Å². The molecule has 16 heavy (non-hydrogen) atoms. The molecule has 4 heteroatoms. The second-order valence-corrected chi connectivity index (χ2v) is 4.36. The van der Waals surface area contributed by atoms with Crippen molar-refractivity contribution < 1.29 is 9.59 Å². The minimum Gasteiger partial charge on any atom is -0.302 e. The molecule has 1 unspecified atom stereocenters. The van der Waals surface area contributed by atoms with Gasteiger partial charge in [-0.1, -0.05) is 6.92 Å². The summed E-state index contributed by atoms with van der Waals surface area (Å²) >= 11 is 0. The van der Waals surface area contributed by atoms with E-state index in [9.17, 15) is 9.59 Å². The van der Waals surface area contributed by atoms with Gasteiger partial charge in [-0.05, 0) is 27.3 Å². The van der Waals surface area contributed by atoms with Crippen molar-refractivity contribution in [2.75, 3.05) is 20.1 Å². The predicted octanol–water partition coefficient (Wildman–Crippen LogP) is 1.03. The van der Waals surface area contributed by atoms with Crippen molar-refractivity contribution >= 4 is 11.8 Å². The van der Waals surface area contributed by atoms with Crippen LogP contribution in [0.5, 0.6) is 0 Å². The Morgan fingerprint density at radius 2 is 2.06 bits per heavy atom. The lowest BCUT2D eigenvalue weighted by atomic mass is 10.2. The van der Waals surface area contributed by atoms with Crippen molar-refractivity contribution in [2.24, 2.45) is 0 Å². The zero-order valence-electron chi connectivity index (χ0n) is 10.5. The number of carbonyl (C=O) groups excluding carboxylic acids is 2. The quantitative estimate of drug-likeness (QED) is 0.655. The zero-order valence-corrected chi connectivity index (χ0v) is 10.5. The molecule has 0 radical (unpaired) electrons. The fourth-order valence-corrected chi connectivity index (χ4v) is 1.64. The van der Waals surface area contributed by atoms with Gasteiger partial charge in [0.2, 0.25) is 0 Å². The van der Waals surface area contributed by atoms with Gasteiger partial charge in [0, 0.05) is 30.8 Å². The molecule has 0 spiro atoms. The molecule has 0 aromatic carbocycles. The average Bonchev–Trinajstić information content (AvgIpc) is 2.49. The fraction of sp³-hybridized carbons (Fsp3) is 0.667. The molecule has 1 aliphatic heterocycles. The Balaban J connectivity index is 2.46. The van der Waals surface area contributed by atoms with Gasteiger partial charge in [-0.15, -0.1) is 0 Å². The van der Waals surface area contributed by atoms with Crippen molar-refractivity contribution in [3.05, 3.63) is 11.6 Å². The predicted molar refractivity (Wildman–Crippen MR) is 62.9 cm³/mol. The zero-order chi connectivity index (χ0) is 12.3. The van der Waals surface area contributed by atoms with Crippen LogP contribution in [0.1, 0.15) is 27.2 Å². The van der Waals surface area contributed by atoms with Gasteiger partial charge in [0.05, 0.1) is 0 Å². The van der Waals surface area contributed by atoms with Crippen LogP contribution < -0.4 is 0 Å². The summed E-state index contributed by atoms with van der Waals surface area (Å²) in [6.07, 6.45) is 2.47. The highest BCUT2D eigenvalue weighted by atomic mass is 16.2. The summed E-state index contributed by atoms with van der Waals surface area (Å²) in [5.74, 6) is -0.331. The summed E-state index contributed by atoms with van der Waals surface area (Å²) in [6.45, 7) is 7.15. The van der Waals surface area contributed by atoms with Gasteiger partial charge < -0.3 is 4.90 Å². The lowest BCUT2D eigenvalue weighted by molar-refractivity contribution is -0.137. The van der Waals surface area contributed by atoms with Crippen LogP contribution in [0.15, 0.2) is 11.6 Å². The summed E-state index contributed by atoms with van der Waals surface area (Å²) in [4.78, 5) is 26.5. The molecule has 0 bridgehead atoms. The van der Waals surface area contributed by atoms with E-state index < -0.39 is 0 Å². The lowest BCUT2D eigenvalue weighted by Crippen LogP contribution is -2.40. The van der Waals surface area contributed by atoms with Crippen LogP contribution >= 0.6 is 0 Å². The minimum absolute atomic E-state index is 0.150. The summed E-state index contributed by atoms with van der Waals surface area (Å²) < 4.78 is 0. The molecule has 1 heterocycles. The highest BCUT2D eigenvalue weighted by molar-refractivity contribution is 6.15. The molecule has 1 rings (SSSR count). The minimum atomic E-state index is -0.181. The number of rotatable bonds is 5. The first-order valence-corrected chi connectivity index (χ1v) is 5.71. The summed E-state index contributed by atoms with van der Waals surface area (Å²) in [5, 5.41) is 0. The molecular formula is C12H20N2O2. The molecular weight excluding hydrogens is 204 g/mol. The maximum Gasteiger partial charge on any atom is 0.256 e. The van der Waals surface area contributed by atoms with Crippen LogP contribution in [-0.4, -0.2) is 47.8 Å². The van der Waals surface area contributed by atoms with Gasteiger partial charge in [0.15, 0.2) is 0 Å². The Labute approximate surface area is 96.9 Å². The summed E-state index contributed by atoms with van der Waals surface area (Å²) in [5.41, 5.74) is 0.538. The molecule has 1 aliphatic rings. The third-order valence-corrected chi connectivity index (χ3v) is 3.21. The molecule has 2 amide bonds. The van der Waals surface area contributed by atoms with Gasteiger partial charge in [0.25, 0.3) is 11.8 Å². The van der Waals surface area contributed by atoms with Crippen molar-refractivity contribution in [2.45, 2.75) is 33.2 Å². The van der Waals surface area contributed by atoms with Crippen molar-refractivity contribution in [3.8, 4) is 0 Å². The summed E-state index contributed by atoms with van der Waals surface area (Å²) in [7, 11) is 2.01. The van der Waals surface area contributed by atoms with E-state index >= 15 is 0 Å². The number of amides is 2. The Morgan fingerprint density at radius 3 is 2.50 bits per heavy atom. The lowest BCUT2D eigenvalue weighted by Gasteiger charge is -2.25. The molecule has 1 atom stereocenters. The first-order valence-electron chi connectivity index (χ1n) is 5.71. The van der Waals surface area contributed by atoms with Gasteiger partial charge in [0.1, 0.15) is 0 Å². The van der Waals surface area contributed by atoms with Crippen molar-refractivity contribution in [1.29, 1.82) is 0 Å². The fourth-order valence-electron chi connectivity index (χ4n) is 1.64. The van der Waals surface area contributed by atoms with E-state index in [4.69, 9.17) is 0 Å². The van der Waals surface area contributed by atoms with E-state index in [0.29, 0.717) is 18.2 Å². The van der Waals surface area contributed by atoms with Crippen LogP contribution in [0.25, 0.3) is 0 Å². The molecule has 0 saturated carbocycles. The Bertz CT molecular complexity index is 323. The molecule has 0 fully saturated rings. The monoisotopic (exact) mass is 224 g/mol. The molecule has 0 saturated heterocycles. The SMILES string of the molecule is CCC(C)N(C)CCN1C(=O)C=C(C)C1=O. The first kappa shape index (κ1) is 12.9. The van der Waals surface area contributed by atoms with Gasteiger partial charge >= 0.3 is 0 Å². The van der Waals surface area contributed by atoms with Crippen molar-refractivity contribution in [1.82, 2.24) is 9.80 Å². The van der Waals surface area contributed by atoms with E-state index in [1.165, 1.54) is 11.0 Å². The average molecular weight is 224 g/mol. The van der Waals surface area contributed by atoms with E-state index in [1.54, 1.807) is 6.92 Å². The third kappa shape index (κ3) is 2.70. The standard InChI is InChI=1S/C12H20N2O2/c1-5-10(3)13(4)6-7-14-11(15)8-9(2)12(14)16/h8,10H,5-7H2,1-4H3. The number of carbonyl (C=O) groups is 2. The number of likely N-dealkylation sites (N-methyl/N-ethyl adjacent to an activating group) is 1. The van der Waals surface area contributed by atoms with E-state index in [0.717, 1.165) is 13.0 Å².